The molecule has 0 radical (unpaired) electrons. The summed E-state index contributed by atoms with van der Waals surface area (Å²) >= 11 is 0. The minimum atomic E-state index is -0.918. The number of hydrogen-bond donors (Lipinski definition) is 2. The fraction of sp³-hybridized carbons (Fsp3) is 0.833. The molecule has 2 aliphatic carbocycles. The van der Waals surface area contributed by atoms with Crippen LogP contribution in [0.5, 0.6) is 0 Å². The summed E-state index contributed by atoms with van der Waals surface area (Å²) < 4.78 is 0. The van der Waals surface area contributed by atoms with Crippen LogP contribution in [0.25, 0.3) is 0 Å². The summed E-state index contributed by atoms with van der Waals surface area (Å²) in [6, 6.07) is -0.700. The van der Waals surface area contributed by atoms with Gasteiger partial charge in [0, 0.05) is 5.92 Å². The number of rotatable bonds is 5. The molecule has 16 heavy (non-hydrogen) atoms. The van der Waals surface area contributed by atoms with Crippen molar-refractivity contribution in [1.82, 2.24) is 5.32 Å². The van der Waals surface area contributed by atoms with E-state index in [9.17, 15) is 9.59 Å². The quantitative estimate of drug-likeness (QED) is 0.743. The van der Waals surface area contributed by atoms with Crippen LogP contribution in [-0.4, -0.2) is 23.0 Å². The molecule has 0 aromatic rings. The Bertz CT molecular complexity index is 293. The van der Waals surface area contributed by atoms with E-state index in [0.717, 1.165) is 31.1 Å². The average Bonchev–Trinajstić information content (AvgIpc) is 2.84. The lowest BCUT2D eigenvalue weighted by Gasteiger charge is -2.17. The maximum Gasteiger partial charge on any atom is 0.326 e. The minimum Gasteiger partial charge on any atom is -0.480 e. The first-order valence-electron chi connectivity index (χ1n) is 6.15. The van der Waals surface area contributed by atoms with Crippen LogP contribution in [0.2, 0.25) is 0 Å². The summed E-state index contributed by atoms with van der Waals surface area (Å²) in [6.45, 7) is 1.92. The number of amides is 1. The molecular formula is C12H19NO3. The third-order valence-electron chi connectivity index (χ3n) is 3.81. The number of aliphatic carboxylic acids is 1. The van der Waals surface area contributed by atoms with Crippen LogP contribution < -0.4 is 5.32 Å². The summed E-state index contributed by atoms with van der Waals surface area (Å²) in [5.74, 6) is 0.615. The van der Waals surface area contributed by atoms with Gasteiger partial charge in [0.15, 0.2) is 0 Å². The van der Waals surface area contributed by atoms with Crippen molar-refractivity contribution in [3.8, 4) is 0 Å². The van der Waals surface area contributed by atoms with Gasteiger partial charge < -0.3 is 10.4 Å². The van der Waals surface area contributed by atoms with Crippen LogP contribution >= 0.6 is 0 Å². The molecule has 2 N–H and O–H groups in total. The summed E-state index contributed by atoms with van der Waals surface area (Å²) in [6.07, 6.45) is 4.50. The molecule has 0 bridgehead atoms. The molecule has 0 saturated heterocycles. The molecule has 2 saturated carbocycles. The van der Waals surface area contributed by atoms with Gasteiger partial charge >= 0.3 is 5.97 Å². The number of fused-ring (bicyclic) bond motifs is 1. The summed E-state index contributed by atoms with van der Waals surface area (Å²) in [4.78, 5) is 22.7. The van der Waals surface area contributed by atoms with Gasteiger partial charge in [0.25, 0.3) is 0 Å². The molecule has 4 nitrogen and oxygen atoms in total. The molecule has 2 unspecified atom stereocenters. The normalized spacial score (nSPS) is 32.9. The van der Waals surface area contributed by atoms with Gasteiger partial charge in [-0.15, -0.1) is 0 Å². The smallest absolute Gasteiger partial charge is 0.326 e. The molecule has 0 aromatic carbocycles. The number of hydrogen-bond acceptors (Lipinski definition) is 2. The molecule has 3 atom stereocenters. The molecule has 0 aromatic heterocycles. The fourth-order valence-corrected chi connectivity index (χ4v) is 2.76. The highest BCUT2D eigenvalue weighted by molar-refractivity contribution is 5.85. The van der Waals surface area contributed by atoms with Gasteiger partial charge in [-0.3, -0.25) is 4.79 Å². The van der Waals surface area contributed by atoms with E-state index in [1.54, 1.807) is 0 Å². The number of carbonyl (C=O) groups excluding carboxylic acids is 1. The zero-order valence-corrected chi connectivity index (χ0v) is 9.61. The van der Waals surface area contributed by atoms with Crippen molar-refractivity contribution in [3.63, 3.8) is 0 Å². The summed E-state index contributed by atoms with van der Waals surface area (Å²) in [7, 11) is 0. The molecular weight excluding hydrogens is 206 g/mol. The van der Waals surface area contributed by atoms with Gasteiger partial charge in [-0.1, -0.05) is 13.3 Å². The zero-order chi connectivity index (χ0) is 11.7. The van der Waals surface area contributed by atoms with Crippen molar-refractivity contribution < 1.29 is 14.7 Å². The van der Waals surface area contributed by atoms with Gasteiger partial charge in [0.1, 0.15) is 6.04 Å². The van der Waals surface area contributed by atoms with Crippen LogP contribution in [0, 0.1) is 17.8 Å². The third kappa shape index (κ3) is 2.36. The monoisotopic (exact) mass is 225 g/mol. The number of nitrogens with one attached hydrogen (secondary N) is 1. The predicted molar refractivity (Wildman–Crippen MR) is 58.8 cm³/mol. The van der Waals surface area contributed by atoms with E-state index in [1.807, 2.05) is 6.92 Å². The van der Waals surface area contributed by atoms with Gasteiger partial charge in [-0.05, 0) is 37.5 Å². The largest absolute Gasteiger partial charge is 0.480 e. The van der Waals surface area contributed by atoms with E-state index in [4.69, 9.17) is 5.11 Å². The Kier molecular flexibility index (Phi) is 3.17. The van der Waals surface area contributed by atoms with E-state index < -0.39 is 12.0 Å². The lowest BCUT2D eigenvalue weighted by atomic mass is 10.0. The maximum atomic E-state index is 11.8. The third-order valence-corrected chi connectivity index (χ3v) is 3.81. The summed E-state index contributed by atoms with van der Waals surface area (Å²) in [5.41, 5.74) is 0. The van der Waals surface area contributed by atoms with Crippen molar-refractivity contribution >= 4 is 11.9 Å². The molecule has 0 spiro atoms. The average molecular weight is 225 g/mol. The lowest BCUT2D eigenvalue weighted by Crippen LogP contribution is -2.43. The van der Waals surface area contributed by atoms with Crippen LogP contribution in [-0.2, 0) is 9.59 Å². The molecule has 4 heteroatoms. The maximum absolute atomic E-state index is 11.8. The van der Waals surface area contributed by atoms with Crippen molar-refractivity contribution in [2.45, 2.75) is 45.1 Å². The van der Waals surface area contributed by atoms with Crippen molar-refractivity contribution in [2.24, 2.45) is 17.8 Å². The van der Waals surface area contributed by atoms with Gasteiger partial charge in [-0.25, -0.2) is 4.79 Å². The standard InChI is InChI=1S/C12H19NO3/c1-2-3-10(12(15)16)13-11(14)9-5-7-4-8(7)6-9/h7-10H,2-6H2,1H3,(H,13,14)(H,15,16)/t7?,8?,9?,10-/m0/s1. The first-order valence-corrected chi connectivity index (χ1v) is 6.15. The topological polar surface area (TPSA) is 66.4 Å². The van der Waals surface area contributed by atoms with Gasteiger partial charge in [0.05, 0.1) is 0 Å². The lowest BCUT2D eigenvalue weighted by molar-refractivity contribution is -0.142. The number of carboxylic acid groups (broad SMARTS) is 1. The Hall–Kier alpha value is -1.06. The Morgan fingerprint density at radius 1 is 1.31 bits per heavy atom. The van der Waals surface area contributed by atoms with Gasteiger partial charge in [-0.2, -0.15) is 0 Å². The molecule has 0 aliphatic heterocycles. The Balaban J connectivity index is 1.82. The van der Waals surface area contributed by atoms with E-state index in [2.05, 4.69) is 5.32 Å². The van der Waals surface area contributed by atoms with Crippen molar-refractivity contribution in [2.75, 3.05) is 0 Å². The predicted octanol–water partition coefficient (Wildman–Crippen LogP) is 1.40. The van der Waals surface area contributed by atoms with Crippen molar-refractivity contribution in [3.05, 3.63) is 0 Å². The molecule has 1 amide bonds. The summed E-state index contributed by atoms with van der Waals surface area (Å²) in [5, 5.41) is 11.6. The molecule has 2 rings (SSSR count). The zero-order valence-electron chi connectivity index (χ0n) is 9.61. The van der Waals surface area contributed by atoms with Crippen LogP contribution in [0.15, 0.2) is 0 Å². The van der Waals surface area contributed by atoms with E-state index in [-0.39, 0.29) is 11.8 Å². The first-order chi connectivity index (χ1) is 7.61. The fourth-order valence-electron chi connectivity index (χ4n) is 2.76. The molecule has 0 heterocycles. The Morgan fingerprint density at radius 2 is 1.94 bits per heavy atom. The van der Waals surface area contributed by atoms with Crippen molar-refractivity contribution in [1.29, 1.82) is 0 Å². The second-order valence-corrected chi connectivity index (χ2v) is 5.11. The highest BCUT2D eigenvalue weighted by Crippen LogP contribution is 2.54. The molecule has 2 fully saturated rings. The van der Waals surface area contributed by atoms with Crippen LogP contribution in [0.4, 0.5) is 0 Å². The van der Waals surface area contributed by atoms with Crippen LogP contribution in [0.1, 0.15) is 39.0 Å². The first kappa shape index (κ1) is 11.4. The highest BCUT2D eigenvalue weighted by atomic mass is 16.4. The number of carboxylic acids is 1. The minimum absolute atomic E-state index is 0.0481. The Labute approximate surface area is 95.4 Å². The number of carbonyl (C=O) groups is 2. The second kappa shape index (κ2) is 4.44. The van der Waals surface area contributed by atoms with E-state index >= 15 is 0 Å². The molecule has 90 valence electrons. The van der Waals surface area contributed by atoms with E-state index in [0.29, 0.717) is 6.42 Å². The van der Waals surface area contributed by atoms with E-state index in [1.165, 1.54) is 6.42 Å². The molecule has 2 aliphatic rings. The SMILES string of the molecule is CCC[C@H](NC(=O)C1CC2CC2C1)C(=O)O. The Morgan fingerprint density at radius 3 is 2.44 bits per heavy atom. The second-order valence-electron chi connectivity index (χ2n) is 5.11. The van der Waals surface area contributed by atoms with Gasteiger partial charge in [0.2, 0.25) is 5.91 Å². The van der Waals surface area contributed by atoms with Crippen LogP contribution in [0.3, 0.4) is 0 Å². The highest BCUT2D eigenvalue weighted by Gasteiger charge is 2.48.